The highest BCUT2D eigenvalue weighted by atomic mass is 19.4. The third-order valence-electron chi connectivity index (χ3n) is 3.61. The van der Waals surface area contributed by atoms with Crippen LogP contribution in [0.1, 0.15) is 24.1 Å². The van der Waals surface area contributed by atoms with Crippen LogP contribution in [0, 0.1) is 0 Å². The van der Waals surface area contributed by atoms with Gasteiger partial charge in [0.15, 0.2) is 0 Å². The standard InChI is InChI=1S/C14H13F3N2/c15-14(16,17)13(7-8-13)12-6-9-19(18-12)10-11-4-2-1-3-5-11/h1-6,9H,7-8,10H2. The Hall–Kier alpha value is -1.78. The van der Waals surface area contributed by atoms with E-state index < -0.39 is 11.6 Å². The van der Waals surface area contributed by atoms with Crippen molar-refractivity contribution in [2.24, 2.45) is 0 Å². The van der Waals surface area contributed by atoms with Gasteiger partial charge in [0.1, 0.15) is 5.41 Å². The van der Waals surface area contributed by atoms with E-state index in [2.05, 4.69) is 5.10 Å². The van der Waals surface area contributed by atoms with E-state index in [9.17, 15) is 13.2 Å². The van der Waals surface area contributed by atoms with E-state index in [1.807, 2.05) is 30.3 Å². The van der Waals surface area contributed by atoms with E-state index in [0.717, 1.165) is 5.56 Å². The molecule has 0 aliphatic heterocycles. The summed E-state index contributed by atoms with van der Waals surface area (Å²) in [6.45, 7) is 0.495. The van der Waals surface area contributed by atoms with Crippen molar-refractivity contribution in [2.45, 2.75) is 31.0 Å². The Balaban J connectivity index is 1.81. The van der Waals surface area contributed by atoms with Gasteiger partial charge in [-0.1, -0.05) is 30.3 Å². The van der Waals surface area contributed by atoms with E-state index in [-0.39, 0.29) is 18.5 Å². The summed E-state index contributed by atoms with van der Waals surface area (Å²) in [5.41, 5.74) is -0.514. The van der Waals surface area contributed by atoms with Crippen LogP contribution in [0.5, 0.6) is 0 Å². The molecule has 3 rings (SSSR count). The van der Waals surface area contributed by atoms with E-state index in [1.165, 1.54) is 6.07 Å². The van der Waals surface area contributed by atoms with Crippen LogP contribution >= 0.6 is 0 Å². The van der Waals surface area contributed by atoms with E-state index in [1.54, 1.807) is 10.9 Å². The van der Waals surface area contributed by atoms with Crippen molar-refractivity contribution >= 4 is 0 Å². The highest BCUT2D eigenvalue weighted by molar-refractivity contribution is 5.27. The van der Waals surface area contributed by atoms with Crippen LogP contribution in [-0.4, -0.2) is 16.0 Å². The number of halogens is 3. The lowest BCUT2D eigenvalue weighted by Crippen LogP contribution is -2.29. The highest BCUT2D eigenvalue weighted by Crippen LogP contribution is 2.58. The van der Waals surface area contributed by atoms with Crippen molar-refractivity contribution in [1.82, 2.24) is 9.78 Å². The Morgan fingerprint density at radius 3 is 2.37 bits per heavy atom. The summed E-state index contributed by atoms with van der Waals surface area (Å²) in [5, 5.41) is 4.10. The van der Waals surface area contributed by atoms with Crippen LogP contribution in [0.2, 0.25) is 0 Å². The van der Waals surface area contributed by atoms with Crippen LogP contribution in [0.4, 0.5) is 13.2 Å². The van der Waals surface area contributed by atoms with Crippen LogP contribution < -0.4 is 0 Å². The fourth-order valence-corrected chi connectivity index (χ4v) is 2.29. The average molecular weight is 266 g/mol. The van der Waals surface area contributed by atoms with Crippen molar-refractivity contribution in [3.8, 4) is 0 Å². The van der Waals surface area contributed by atoms with Gasteiger partial charge in [0, 0.05) is 6.20 Å². The number of hydrogen-bond acceptors (Lipinski definition) is 1. The van der Waals surface area contributed by atoms with Gasteiger partial charge in [-0.25, -0.2) is 0 Å². The first-order valence-corrected chi connectivity index (χ1v) is 6.16. The predicted molar refractivity (Wildman–Crippen MR) is 64.7 cm³/mol. The monoisotopic (exact) mass is 266 g/mol. The number of nitrogens with zero attached hydrogens (tertiary/aromatic N) is 2. The van der Waals surface area contributed by atoms with Crippen molar-refractivity contribution in [3.63, 3.8) is 0 Å². The van der Waals surface area contributed by atoms with Crippen LogP contribution in [0.15, 0.2) is 42.6 Å². The summed E-state index contributed by atoms with van der Waals surface area (Å²) < 4.78 is 40.5. The summed E-state index contributed by atoms with van der Waals surface area (Å²) in [6, 6.07) is 11.1. The quantitative estimate of drug-likeness (QED) is 0.831. The Bertz CT molecular complexity index is 568. The van der Waals surface area contributed by atoms with Crippen molar-refractivity contribution in [2.75, 3.05) is 0 Å². The molecule has 2 aromatic rings. The van der Waals surface area contributed by atoms with Gasteiger partial charge in [0.05, 0.1) is 12.2 Å². The van der Waals surface area contributed by atoms with Gasteiger partial charge in [0.25, 0.3) is 0 Å². The third-order valence-corrected chi connectivity index (χ3v) is 3.61. The second kappa shape index (κ2) is 4.11. The van der Waals surface area contributed by atoms with Gasteiger partial charge < -0.3 is 0 Å². The molecular formula is C14H13F3N2. The summed E-state index contributed by atoms with van der Waals surface area (Å²) in [7, 11) is 0. The molecule has 0 bridgehead atoms. The number of alkyl halides is 3. The molecule has 1 aromatic carbocycles. The Morgan fingerprint density at radius 2 is 1.79 bits per heavy atom. The SMILES string of the molecule is FC(F)(F)C1(c2ccn(Cc3ccccc3)n2)CC1. The number of hydrogen-bond donors (Lipinski definition) is 0. The molecule has 0 atom stereocenters. The van der Waals surface area contributed by atoms with Gasteiger partial charge in [-0.3, -0.25) is 4.68 Å². The fraction of sp³-hybridized carbons (Fsp3) is 0.357. The molecule has 0 unspecified atom stereocenters. The largest absolute Gasteiger partial charge is 0.400 e. The smallest absolute Gasteiger partial charge is 0.268 e. The molecule has 0 radical (unpaired) electrons. The zero-order valence-corrected chi connectivity index (χ0v) is 10.2. The van der Waals surface area contributed by atoms with Crippen molar-refractivity contribution < 1.29 is 13.2 Å². The maximum atomic E-state index is 13.0. The first-order chi connectivity index (χ1) is 9.01. The topological polar surface area (TPSA) is 17.8 Å². The Morgan fingerprint density at radius 1 is 1.11 bits per heavy atom. The Labute approximate surface area is 108 Å². The predicted octanol–water partition coefficient (Wildman–Crippen LogP) is 3.53. The van der Waals surface area contributed by atoms with Crippen LogP contribution in [-0.2, 0) is 12.0 Å². The molecule has 1 aliphatic carbocycles. The second-order valence-electron chi connectivity index (χ2n) is 4.96. The summed E-state index contributed by atoms with van der Waals surface area (Å²) in [6.07, 6.45) is -2.27. The molecule has 0 spiro atoms. The zero-order chi connectivity index (χ0) is 13.5. The molecule has 5 heteroatoms. The molecule has 1 saturated carbocycles. The molecule has 19 heavy (non-hydrogen) atoms. The molecule has 0 N–H and O–H groups in total. The van der Waals surface area contributed by atoms with E-state index in [4.69, 9.17) is 0 Å². The van der Waals surface area contributed by atoms with Crippen molar-refractivity contribution in [1.29, 1.82) is 0 Å². The van der Waals surface area contributed by atoms with E-state index >= 15 is 0 Å². The first-order valence-electron chi connectivity index (χ1n) is 6.16. The minimum Gasteiger partial charge on any atom is -0.268 e. The molecule has 0 saturated heterocycles. The summed E-state index contributed by atoms with van der Waals surface area (Å²) in [4.78, 5) is 0. The van der Waals surface area contributed by atoms with E-state index in [0.29, 0.717) is 6.54 Å². The molecule has 1 aromatic heterocycles. The van der Waals surface area contributed by atoms with Gasteiger partial charge in [0.2, 0.25) is 0 Å². The lowest BCUT2D eigenvalue weighted by Gasteiger charge is -2.16. The molecule has 1 fully saturated rings. The molecule has 2 nitrogen and oxygen atoms in total. The molecular weight excluding hydrogens is 253 g/mol. The second-order valence-corrected chi connectivity index (χ2v) is 4.96. The highest BCUT2D eigenvalue weighted by Gasteiger charge is 2.65. The van der Waals surface area contributed by atoms with Crippen LogP contribution in [0.25, 0.3) is 0 Å². The van der Waals surface area contributed by atoms with Crippen molar-refractivity contribution in [3.05, 3.63) is 53.9 Å². The Kier molecular flexibility index (Phi) is 2.66. The maximum absolute atomic E-state index is 13.0. The molecule has 1 heterocycles. The lowest BCUT2D eigenvalue weighted by molar-refractivity contribution is -0.161. The lowest BCUT2D eigenvalue weighted by atomic mass is 10.0. The van der Waals surface area contributed by atoms with Gasteiger partial charge in [-0.2, -0.15) is 18.3 Å². The zero-order valence-electron chi connectivity index (χ0n) is 10.2. The number of aromatic nitrogens is 2. The first kappa shape index (κ1) is 12.3. The van der Waals surface area contributed by atoms with Crippen LogP contribution in [0.3, 0.4) is 0 Å². The minimum absolute atomic E-state index is 0.149. The third kappa shape index (κ3) is 2.13. The maximum Gasteiger partial charge on any atom is 0.400 e. The normalized spacial score (nSPS) is 17.4. The average Bonchev–Trinajstić information content (AvgIpc) is 3.07. The number of benzene rings is 1. The molecule has 0 amide bonds. The van der Waals surface area contributed by atoms with Gasteiger partial charge >= 0.3 is 6.18 Å². The minimum atomic E-state index is -4.20. The van der Waals surface area contributed by atoms with Gasteiger partial charge in [-0.15, -0.1) is 0 Å². The number of rotatable bonds is 3. The van der Waals surface area contributed by atoms with Gasteiger partial charge in [-0.05, 0) is 24.5 Å². The summed E-state index contributed by atoms with van der Waals surface area (Å²) in [5.74, 6) is 0. The molecule has 100 valence electrons. The fourth-order valence-electron chi connectivity index (χ4n) is 2.29. The summed E-state index contributed by atoms with van der Waals surface area (Å²) >= 11 is 0. The molecule has 1 aliphatic rings.